The summed E-state index contributed by atoms with van der Waals surface area (Å²) >= 11 is 0. The van der Waals surface area contributed by atoms with Gasteiger partial charge in [0.25, 0.3) is 0 Å². The number of hydrogen-bond donors (Lipinski definition) is 0. The molecule has 0 aliphatic carbocycles. The number of rotatable bonds is 6. The Morgan fingerprint density at radius 3 is 2.50 bits per heavy atom. The summed E-state index contributed by atoms with van der Waals surface area (Å²) in [5.41, 5.74) is 2.14. The Kier molecular flexibility index (Phi) is 6.04. The van der Waals surface area contributed by atoms with E-state index in [-0.39, 0.29) is 30.6 Å². The fourth-order valence-corrected chi connectivity index (χ4v) is 3.71. The Balaban J connectivity index is 1.74. The molecule has 4 heteroatoms. The van der Waals surface area contributed by atoms with E-state index in [1.165, 1.54) is 5.56 Å². The molecule has 1 aliphatic rings. The SMILES string of the molecule is C[C@@H](c1ccccc1)N1CC[C@@H](CC#N)[C@H]1C(=O)OCc1ccccc1. The number of esters is 1. The predicted molar refractivity (Wildman–Crippen MR) is 99.9 cm³/mol. The van der Waals surface area contributed by atoms with E-state index < -0.39 is 0 Å². The van der Waals surface area contributed by atoms with Gasteiger partial charge in [-0.1, -0.05) is 60.7 Å². The standard InChI is InChI=1S/C22H24N2O2/c1-17(19-10-6-3-7-11-19)24-15-13-20(12-14-23)21(24)22(25)26-16-18-8-4-2-5-9-18/h2-11,17,20-21H,12-13,15-16H2,1H3/t17-,20+,21-/m0/s1. The molecule has 1 saturated heterocycles. The molecule has 2 aromatic rings. The molecule has 4 nitrogen and oxygen atoms in total. The number of nitrogens with zero attached hydrogens (tertiary/aromatic N) is 2. The van der Waals surface area contributed by atoms with Crippen molar-refractivity contribution in [2.75, 3.05) is 6.54 Å². The van der Waals surface area contributed by atoms with Crippen LogP contribution in [0.2, 0.25) is 0 Å². The maximum Gasteiger partial charge on any atom is 0.324 e. The minimum Gasteiger partial charge on any atom is -0.460 e. The van der Waals surface area contributed by atoms with Crippen molar-refractivity contribution in [1.29, 1.82) is 5.26 Å². The molecular weight excluding hydrogens is 324 g/mol. The summed E-state index contributed by atoms with van der Waals surface area (Å²) in [5.74, 6) is -0.205. The number of benzene rings is 2. The topological polar surface area (TPSA) is 53.3 Å². The third-order valence-corrected chi connectivity index (χ3v) is 5.16. The first-order valence-electron chi connectivity index (χ1n) is 9.09. The van der Waals surface area contributed by atoms with Gasteiger partial charge in [0.2, 0.25) is 0 Å². The first kappa shape index (κ1) is 18.2. The number of carbonyl (C=O) groups is 1. The Morgan fingerprint density at radius 1 is 1.19 bits per heavy atom. The molecule has 134 valence electrons. The summed E-state index contributed by atoms with van der Waals surface area (Å²) < 4.78 is 5.61. The second-order valence-electron chi connectivity index (χ2n) is 6.77. The summed E-state index contributed by atoms with van der Waals surface area (Å²) in [6.07, 6.45) is 1.22. The van der Waals surface area contributed by atoms with Gasteiger partial charge >= 0.3 is 5.97 Å². The van der Waals surface area contributed by atoms with Crippen LogP contribution in [-0.4, -0.2) is 23.5 Å². The molecule has 0 spiro atoms. The van der Waals surface area contributed by atoms with Gasteiger partial charge in [0, 0.05) is 12.5 Å². The fraction of sp³-hybridized carbons (Fsp3) is 0.364. The van der Waals surface area contributed by atoms with Crippen LogP contribution in [0, 0.1) is 17.2 Å². The van der Waals surface area contributed by atoms with Crippen LogP contribution in [0.4, 0.5) is 0 Å². The van der Waals surface area contributed by atoms with Crippen LogP contribution in [0.25, 0.3) is 0 Å². The van der Waals surface area contributed by atoms with E-state index in [1.54, 1.807) is 0 Å². The lowest BCUT2D eigenvalue weighted by atomic mass is 9.96. The van der Waals surface area contributed by atoms with E-state index in [1.807, 2.05) is 48.5 Å². The van der Waals surface area contributed by atoms with Crippen LogP contribution in [0.1, 0.15) is 36.9 Å². The minimum atomic E-state index is -0.367. The molecular formula is C22H24N2O2. The van der Waals surface area contributed by atoms with Crippen molar-refractivity contribution in [3.05, 3.63) is 71.8 Å². The van der Waals surface area contributed by atoms with E-state index in [2.05, 4.69) is 30.0 Å². The second kappa shape index (κ2) is 8.64. The van der Waals surface area contributed by atoms with Crippen LogP contribution >= 0.6 is 0 Å². The van der Waals surface area contributed by atoms with E-state index in [0.717, 1.165) is 18.5 Å². The number of likely N-dealkylation sites (tertiary alicyclic amines) is 1. The normalized spacial score (nSPS) is 21.1. The molecule has 0 aromatic heterocycles. The van der Waals surface area contributed by atoms with Gasteiger partial charge in [0.1, 0.15) is 12.6 Å². The first-order chi connectivity index (χ1) is 12.7. The van der Waals surface area contributed by atoms with Gasteiger partial charge in [-0.15, -0.1) is 0 Å². The summed E-state index contributed by atoms with van der Waals surface area (Å²) in [6.45, 7) is 3.18. The molecule has 0 radical (unpaired) electrons. The summed E-state index contributed by atoms with van der Waals surface area (Å²) in [5, 5.41) is 9.16. The molecule has 1 fully saturated rings. The molecule has 3 atom stereocenters. The highest BCUT2D eigenvalue weighted by atomic mass is 16.5. The van der Waals surface area contributed by atoms with Crippen molar-refractivity contribution in [3.8, 4) is 6.07 Å². The van der Waals surface area contributed by atoms with Gasteiger partial charge in [-0.3, -0.25) is 9.69 Å². The van der Waals surface area contributed by atoms with E-state index >= 15 is 0 Å². The number of nitriles is 1. The molecule has 1 heterocycles. The molecule has 2 aromatic carbocycles. The molecule has 0 N–H and O–H groups in total. The van der Waals surface area contributed by atoms with Crippen molar-refractivity contribution in [2.24, 2.45) is 5.92 Å². The van der Waals surface area contributed by atoms with Crippen molar-refractivity contribution in [2.45, 2.75) is 38.5 Å². The molecule has 0 unspecified atom stereocenters. The summed E-state index contributed by atoms with van der Waals surface area (Å²) in [4.78, 5) is 15.1. The third kappa shape index (κ3) is 4.12. The van der Waals surface area contributed by atoms with Crippen LogP contribution in [0.3, 0.4) is 0 Å². The van der Waals surface area contributed by atoms with Gasteiger partial charge in [-0.05, 0) is 36.9 Å². The third-order valence-electron chi connectivity index (χ3n) is 5.16. The van der Waals surface area contributed by atoms with Gasteiger partial charge in [-0.2, -0.15) is 5.26 Å². The number of hydrogen-bond acceptors (Lipinski definition) is 4. The maximum atomic E-state index is 12.9. The summed E-state index contributed by atoms with van der Waals surface area (Å²) in [6, 6.07) is 21.8. The van der Waals surface area contributed by atoms with Crippen LogP contribution < -0.4 is 0 Å². The van der Waals surface area contributed by atoms with Crippen molar-refractivity contribution in [1.82, 2.24) is 4.90 Å². The Morgan fingerprint density at radius 2 is 1.85 bits per heavy atom. The summed E-state index contributed by atoms with van der Waals surface area (Å²) in [7, 11) is 0. The van der Waals surface area contributed by atoms with Gasteiger partial charge in [0.05, 0.1) is 6.07 Å². The first-order valence-corrected chi connectivity index (χ1v) is 9.09. The Bertz CT molecular complexity index is 755. The largest absolute Gasteiger partial charge is 0.460 e. The quantitative estimate of drug-likeness (QED) is 0.738. The molecule has 1 aliphatic heterocycles. The zero-order valence-electron chi connectivity index (χ0n) is 15.0. The lowest BCUT2D eigenvalue weighted by molar-refractivity contribution is -0.152. The van der Waals surface area contributed by atoms with E-state index in [0.29, 0.717) is 6.42 Å². The van der Waals surface area contributed by atoms with Crippen molar-refractivity contribution in [3.63, 3.8) is 0 Å². The van der Waals surface area contributed by atoms with Crippen LogP contribution in [0.15, 0.2) is 60.7 Å². The average molecular weight is 348 g/mol. The number of ether oxygens (including phenoxy) is 1. The minimum absolute atomic E-state index is 0.0226. The monoisotopic (exact) mass is 348 g/mol. The zero-order chi connectivity index (χ0) is 18.4. The highest BCUT2D eigenvalue weighted by Crippen LogP contribution is 2.35. The van der Waals surface area contributed by atoms with E-state index in [9.17, 15) is 4.79 Å². The van der Waals surface area contributed by atoms with Crippen LogP contribution in [-0.2, 0) is 16.1 Å². The Labute approximate surface area is 155 Å². The maximum absolute atomic E-state index is 12.9. The average Bonchev–Trinajstić information content (AvgIpc) is 3.11. The lowest BCUT2D eigenvalue weighted by Crippen LogP contribution is -2.42. The highest BCUT2D eigenvalue weighted by Gasteiger charge is 2.42. The van der Waals surface area contributed by atoms with Crippen molar-refractivity contribution < 1.29 is 9.53 Å². The fourth-order valence-electron chi connectivity index (χ4n) is 3.71. The van der Waals surface area contributed by atoms with E-state index in [4.69, 9.17) is 10.00 Å². The molecule has 0 amide bonds. The van der Waals surface area contributed by atoms with Gasteiger partial charge < -0.3 is 4.74 Å². The second-order valence-corrected chi connectivity index (χ2v) is 6.77. The predicted octanol–water partition coefficient (Wildman–Crippen LogP) is 4.10. The highest BCUT2D eigenvalue weighted by molar-refractivity contribution is 5.76. The van der Waals surface area contributed by atoms with Gasteiger partial charge in [-0.25, -0.2) is 0 Å². The molecule has 0 saturated carbocycles. The molecule has 0 bridgehead atoms. The smallest absolute Gasteiger partial charge is 0.324 e. The number of carbonyl (C=O) groups excluding carboxylic acids is 1. The Hall–Kier alpha value is -2.64. The molecule has 3 rings (SSSR count). The zero-order valence-corrected chi connectivity index (χ0v) is 15.0. The molecule has 26 heavy (non-hydrogen) atoms. The lowest BCUT2D eigenvalue weighted by Gasteiger charge is -2.31. The van der Waals surface area contributed by atoms with Crippen molar-refractivity contribution >= 4 is 5.97 Å². The van der Waals surface area contributed by atoms with Crippen LogP contribution in [0.5, 0.6) is 0 Å². The van der Waals surface area contributed by atoms with Gasteiger partial charge in [0.15, 0.2) is 0 Å².